The van der Waals surface area contributed by atoms with Crippen LogP contribution in [0, 0.1) is 0 Å². The van der Waals surface area contributed by atoms with Crippen molar-refractivity contribution < 1.29 is 4.21 Å². The summed E-state index contributed by atoms with van der Waals surface area (Å²) in [6.07, 6.45) is 5.81. The standard InChI is InChI=1S/C23H21N3OS/c27-28(18-9-11-24-12-10-18)19-7-8-23(26-13-3-4-14-26)20(16-19)22-15-17-5-1-2-6-21(17)25-22/h1-2,5-12,15-16,25H,3-4,13-14H2/t28-/m1/s1. The summed E-state index contributed by atoms with van der Waals surface area (Å²) < 4.78 is 13.1. The lowest BCUT2D eigenvalue weighted by Crippen LogP contribution is -2.18. The van der Waals surface area contributed by atoms with E-state index in [-0.39, 0.29) is 0 Å². The summed E-state index contributed by atoms with van der Waals surface area (Å²) in [7, 11) is -1.23. The van der Waals surface area contributed by atoms with Crippen molar-refractivity contribution in [3.05, 3.63) is 73.1 Å². The van der Waals surface area contributed by atoms with Crippen molar-refractivity contribution in [2.45, 2.75) is 22.6 Å². The van der Waals surface area contributed by atoms with Crippen LogP contribution in [-0.4, -0.2) is 27.3 Å². The number of benzene rings is 2. The van der Waals surface area contributed by atoms with Gasteiger partial charge < -0.3 is 9.88 Å². The van der Waals surface area contributed by atoms with E-state index in [1.165, 1.54) is 23.9 Å². The van der Waals surface area contributed by atoms with E-state index < -0.39 is 10.8 Å². The Morgan fingerprint density at radius 3 is 2.46 bits per heavy atom. The van der Waals surface area contributed by atoms with Crippen LogP contribution in [0.15, 0.2) is 82.8 Å². The molecule has 140 valence electrons. The van der Waals surface area contributed by atoms with Gasteiger partial charge in [-0.1, -0.05) is 18.2 Å². The van der Waals surface area contributed by atoms with Crippen molar-refractivity contribution in [1.29, 1.82) is 0 Å². The molecule has 0 bridgehead atoms. The van der Waals surface area contributed by atoms with E-state index in [0.29, 0.717) is 0 Å². The minimum absolute atomic E-state index is 0.770. The third-order valence-electron chi connectivity index (χ3n) is 5.31. The molecule has 5 heteroatoms. The second kappa shape index (κ2) is 7.24. The molecule has 0 saturated carbocycles. The Hall–Kier alpha value is -2.92. The summed E-state index contributed by atoms with van der Waals surface area (Å²) in [6, 6.07) is 20.3. The van der Waals surface area contributed by atoms with E-state index in [4.69, 9.17) is 0 Å². The Labute approximate surface area is 166 Å². The molecule has 0 spiro atoms. The van der Waals surface area contributed by atoms with Crippen LogP contribution in [0.3, 0.4) is 0 Å². The summed E-state index contributed by atoms with van der Waals surface area (Å²) in [5.41, 5.74) is 4.50. The van der Waals surface area contributed by atoms with Crippen LogP contribution in [-0.2, 0) is 10.8 Å². The zero-order chi connectivity index (χ0) is 18.9. The average molecular weight is 388 g/mol. The molecule has 5 rings (SSSR count). The van der Waals surface area contributed by atoms with Crippen molar-refractivity contribution in [1.82, 2.24) is 9.97 Å². The summed E-state index contributed by atoms with van der Waals surface area (Å²) in [5, 5.41) is 1.19. The van der Waals surface area contributed by atoms with Crippen LogP contribution in [0.4, 0.5) is 5.69 Å². The number of rotatable bonds is 4. The first-order chi connectivity index (χ1) is 13.8. The quantitative estimate of drug-likeness (QED) is 0.536. The van der Waals surface area contributed by atoms with Crippen LogP contribution in [0.1, 0.15) is 12.8 Å². The van der Waals surface area contributed by atoms with Crippen LogP contribution >= 0.6 is 0 Å². The maximum atomic E-state index is 13.1. The summed E-state index contributed by atoms with van der Waals surface area (Å²) in [6.45, 7) is 2.14. The fourth-order valence-electron chi connectivity index (χ4n) is 3.90. The van der Waals surface area contributed by atoms with Gasteiger partial charge in [-0.3, -0.25) is 4.98 Å². The highest BCUT2D eigenvalue weighted by atomic mass is 32.2. The monoisotopic (exact) mass is 387 g/mol. The smallest absolute Gasteiger partial charge is 0.0850 e. The zero-order valence-corrected chi connectivity index (χ0v) is 16.3. The van der Waals surface area contributed by atoms with Crippen LogP contribution in [0.5, 0.6) is 0 Å². The van der Waals surface area contributed by atoms with Gasteiger partial charge in [-0.05, 0) is 55.3 Å². The number of aromatic nitrogens is 2. The van der Waals surface area contributed by atoms with Crippen LogP contribution < -0.4 is 4.90 Å². The largest absolute Gasteiger partial charge is 0.371 e. The number of aromatic amines is 1. The maximum Gasteiger partial charge on any atom is 0.0850 e. The lowest BCUT2D eigenvalue weighted by Gasteiger charge is -2.21. The molecule has 1 aliphatic rings. The number of nitrogens with one attached hydrogen (secondary N) is 1. The fourth-order valence-corrected chi connectivity index (χ4v) is 4.95. The van der Waals surface area contributed by atoms with Gasteiger partial charge in [0.2, 0.25) is 0 Å². The molecule has 2 aromatic heterocycles. The highest BCUT2D eigenvalue weighted by Gasteiger charge is 2.19. The minimum atomic E-state index is -1.23. The average Bonchev–Trinajstić information content (AvgIpc) is 3.43. The van der Waals surface area contributed by atoms with E-state index in [1.54, 1.807) is 12.4 Å². The van der Waals surface area contributed by atoms with E-state index >= 15 is 0 Å². The van der Waals surface area contributed by atoms with Crippen molar-refractivity contribution >= 4 is 27.4 Å². The molecule has 1 fully saturated rings. The number of H-pyrrole nitrogens is 1. The number of hydrogen-bond acceptors (Lipinski definition) is 3. The third-order valence-corrected chi connectivity index (χ3v) is 6.70. The molecule has 0 unspecified atom stereocenters. The summed E-state index contributed by atoms with van der Waals surface area (Å²) in [5.74, 6) is 0. The first kappa shape index (κ1) is 17.2. The van der Waals surface area contributed by atoms with E-state index in [0.717, 1.165) is 39.7 Å². The molecule has 3 heterocycles. The molecule has 1 atom stereocenters. The Kier molecular flexibility index (Phi) is 4.45. The molecule has 4 nitrogen and oxygen atoms in total. The van der Waals surface area contributed by atoms with Gasteiger partial charge in [0.05, 0.1) is 10.8 Å². The maximum absolute atomic E-state index is 13.1. The number of hydrogen-bond donors (Lipinski definition) is 1. The Bertz CT molecular complexity index is 1110. The predicted molar refractivity (Wildman–Crippen MR) is 114 cm³/mol. The van der Waals surface area contributed by atoms with Gasteiger partial charge in [-0.15, -0.1) is 0 Å². The van der Waals surface area contributed by atoms with Crippen LogP contribution in [0.25, 0.3) is 22.2 Å². The molecular weight excluding hydrogens is 366 g/mol. The first-order valence-electron chi connectivity index (χ1n) is 9.58. The molecule has 0 aliphatic carbocycles. The molecule has 2 aromatic carbocycles. The lowest BCUT2D eigenvalue weighted by molar-refractivity contribution is 0.683. The fraction of sp³-hybridized carbons (Fsp3) is 0.174. The first-order valence-corrected chi connectivity index (χ1v) is 10.7. The Balaban J connectivity index is 1.64. The second-order valence-corrected chi connectivity index (χ2v) is 8.58. The van der Waals surface area contributed by atoms with E-state index in [9.17, 15) is 4.21 Å². The van der Waals surface area contributed by atoms with Crippen molar-refractivity contribution in [2.75, 3.05) is 18.0 Å². The van der Waals surface area contributed by atoms with Crippen LogP contribution in [0.2, 0.25) is 0 Å². The Morgan fingerprint density at radius 1 is 0.893 bits per heavy atom. The number of anilines is 1. The van der Waals surface area contributed by atoms with Gasteiger partial charge in [0.1, 0.15) is 0 Å². The molecular formula is C23H21N3OS. The molecule has 0 amide bonds. The normalized spacial score (nSPS) is 15.2. The highest BCUT2D eigenvalue weighted by molar-refractivity contribution is 7.85. The van der Waals surface area contributed by atoms with Gasteiger partial charge in [-0.2, -0.15) is 0 Å². The van der Waals surface area contributed by atoms with Crippen molar-refractivity contribution in [3.8, 4) is 11.3 Å². The number of para-hydroxylation sites is 1. The predicted octanol–water partition coefficient (Wildman–Crippen LogP) is 5.00. The summed E-state index contributed by atoms with van der Waals surface area (Å²) >= 11 is 0. The zero-order valence-electron chi connectivity index (χ0n) is 15.5. The lowest BCUT2D eigenvalue weighted by atomic mass is 10.1. The topological polar surface area (TPSA) is 49.0 Å². The molecule has 1 saturated heterocycles. The minimum Gasteiger partial charge on any atom is -0.371 e. The van der Waals surface area contributed by atoms with Crippen molar-refractivity contribution in [2.24, 2.45) is 0 Å². The number of fused-ring (bicyclic) bond motifs is 1. The SMILES string of the molecule is O=[S@](c1ccncc1)c1ccc(N2CCCC2)c(-c2cc3ccccc3[nH]2)c1. The molecule has 0 radical (unpaired) electrons. The molecule has 4 aromatic rings. The van der Waals surface area contributed by atoms with Gasteiger partial charge in [0, 0.05) is 63.1 Å². The van der Waals surface area contributed by atoms with E-state index in [2.05, 4.69) is 51.3 Å². The molecule has 1 aliphatic heterocycles. The number of pyridine rings is 1. The third kappa shape index (κ3) is 3.12. The van der Waals surface area contributed by atoms with E-state index in [1.807, 2.05) is 24.3 Å². The highest BCUT2D eigenvalue weighted by Crippen LogP contribution is 2.36. The summed E-state index contributed by atoms with van der Waals surface area (Å²) in [4.78, 5) is 11.6. The molecule has 28 heavy (non-hydrogen) atoms. The van der Waals surface area contributed by atoms with Gasteiger partial charge >= 0.3 is 0 Å². The number of nitrogens with zero attached hydrogens (tertiary/aromatic N) is 2. The van der Waals surface area contributed by atoms with Gasteiger partial charge in [-0.25, -0.2) is 4.21 Å². The van der Waals surface area contributed by atoms with Crippen molar-refractivity contribution in [3.63, 3.8) is 0 Å². The second-order valence-electron chi connectivity index (χ2n) is 7.10. The van der Waals surface area contributed by atoms with Gasteiger partial charge in [0.25, 0.3) is 0 Å². The Morgan fingerprint density at radius 2 is 1.68 bits per heavy atom. The molecule has 1 N–H and O–H groups in total. The van der Waals surface area contributed by atoms with Gasteiger partial charge in [0.15, 0.2) is 0 Å².